The van der Waals surface area contributed by atoms with Crippen LogP contribution in [0.15, 0.2) is 35.8 Å². The summed E-state index contributed by atoms with van der Waals surface area (Å²) in [4.78, 5) is 16.5. The number of nitrogens with one attached hydrogen (secondary N) is 2. The number of anilines is 1. The molecule has 0 bridgehead atoms. The molecule has 0 aliphatic carbocycles. The van der Waals surface area contributed by atoms with Gasteiger partial charge in [-0.25, -0.2) is 4.98 Å². The maximum absolute atomic E-state index is 12.2. The van der Waals surface area contributed by atoms with Crippen LogP contribution in [0.3, 0.4) is 0 Å². The van der Waals surface area contributed by atoms with Crippen LogP contribution in [0.25, 0.3) is 10.6 Å². The lowest BCUT2D eigenvalue weighted by molar-refractivity contribution is -0.118. The Kier molecular flexibility index (Phi) is 5.73. The van der Waals surface area contributed by atoms with Crippen molar-refractivity contribution in [2.45, 2.75) is 25.3 Å². The van der Waals surface area contributed by atoms with Crippen molar-refractivity contribution >= 4 is 35.3 Å². The van der Waals surface area contributed by atoms with E-state index in [4.69, 9.17) is 0 Å². The van der Waals surface area contributed by atoms with Gasteiger partial charge < -0.3 is 10.6 Å². The maximum Gasteiger partial charge on any atom is 0.241 e. The van der Waals surface area contributed by atoms with Crippen molar-refractivity contribution in [1.29, 1.82) is 0 Å². The molecular formula is C15H18ClN3OS. The van der Waals surface area contributed by atoms with Crippen LogP contribution >= 0.6 is 23.7 Å². The number of aromatic nitrogens is 1. The largest absolute Gasteiger partial charge is 0.325 e. The molecule has 1 aliphatic rings. The molecule has 1 aromatic carbocycles. The second kappa shape index (κ2) is 7.54. The summed E-state index contributed by atoms with van der Waals surface area (Å²) in [5.41, 5.74) is 1.87. The predicted octanol–water partition coefficient (Wildman–Crippen LogP) is 3.31. The number of hydrogen-bond acceptors (Lipinski definition) is 4. The molecule has 4 nitrogen and oxygen atoms in total. The van der Waals surface area contributed by atoms with Crippen LogP contribution in [0.4, 0.5) is 5.69 Å². The zero-order valence-corrected chi connectivity index (χ0v) is 13.2. The van der Waals surface area contributed by atoms with E-state index >= 15 is 0 Å². The van der Waals surface area contributed by atoms with Gasteiger partial charge in [0, 0.05) is 22.8 Å². The van der Waals surface area contributed by atoms with Gasteiger partial charge >= 0.3 is 0 Å². The minimum absolute atomic E-state index is 0. The van der Waals surface area contributed by atoms with Crippen LogP contribution in [0.5, 0.6) is 0 Å². The Balaban J connectivity index is 0.00000161. The lowest BCUT2D eigenvalue weighted by atomic mass is 10.0. The van der Waals surface area contributed by atoms with Crippen LogP contribution in [-0.4, -0.2) is 23.5 Å². The zero-order valence-electron chi connectivity index (χ0n) is 11.5. The molecule has 2 heterocycles. The van der Waals surface area contributed by atoms with E-state index < -0.39 is 0 Å². The minimum atomic E-state index is -0.0627. The fraction of sp³-hybridized carbons (Fsp3) is 0.333. The van der Waals surface area contributed by atoms with Crippen molar-refractivity contribution < 1.29 is 4.79 Å². The molecule has 1 aromatic heterocycles. The quantitative estimate of drug-likeness (QED) is 0.911. The summed E-state index contributed by atoms with van der Waals surface area (Å²) in [7, 11) is 0. The summed E-state index contributed by atoms with van der Waals surface area (Å²) in [6.45, 7) is 0.928. The number of piperidine rings is 1. The molecule has 112 valence electrons. The Morgan fingerprint density at radius 2 is 2.29 bits per heavy atom. The summed E-state index contributed by atoms with van der Waals surface area (Å²) < 4.78 is 0. The number of rotatable bonds is 3. The van der Waals surface area contributed by atoms with Crippen molar-refractivity contribution in [1.82, 2.24) is 10.3 Å². The Hall–Kier alpha value is -1.43. The first kappa shape index (κ1) is 15.9. The van der Waals surface area contributed by atoms with Crippen LogP contribution < -0.4 is 10.6 Å². The van der Waals surface area contributed by atoms with E-state index in [9.17, 15) is 4.79 Å². The van der Waals surface area contributed by atoms with Crippen LogP contribution in [0.1, 0.15) is 19.3 Å². The van der Waals surface area contributed by atoms with Crippen molar-refractivity contribution in [3.05, 3.63) is 35.8 Å². The van der Waals surface area contributed by atoms with Crippen LogP contribution in [-0.2, 0) is 4.79 Å². The van der Waals surface area contributed by atoms with Gasteiger partial charge in [0.05, 0.1) is 6.04 Å². The van der Waals surface area contributed by atoms with Crippen LogP contribution in [0, 0.1) is 0 Å². The van der Waals surface area contributed by atoms with E-state index in [1.54, 1.807) is 17.5 Å². The zero-order chi connectivity index (χ0) is 13.8. The molecule has 1 fully saturated rings. The molecular weight excluding hydrogens is 306 g/mol. The van der Waals surface area contributed by atoms with Crippen molar-refractivity contribution in [2.75, 3.05) is 11.9 Å². The lowest BCUT2D eigenvalue weighted by Gasteiger charge is -2.22. The summed E-state index contributed by atoms with van der Waals surface area (Å²) in [5, 5.41) is 9.17. The van der Waals surface area contributed by atoms with Crippen LogP contribution in [0.2, 0.25) is 0 Å². The molecule has 6 heteroatoms. The standard InChI is InChI=1S/C15H17N3OS.ClH/c19-14(13-6-1-2-7-16-13)18-12-5-3-4-11(10-12)15-17-8-9-20-15;/h3-5,8-10,13,16H,1-2,6-7H2,(H,18,19);1H. The van der Waals surface area contributed by atoms with E-state index in [0.29, 0.717) is 0 Å². The molecule has 1 saturated heterocycles. The van der Waals surface area contributed by atoms with E-state index in [-0.39, 0.29) is 24.4 Å². The number of carbonyl (C=O) groups is 1. The van der Waals surface area contributed by atoms with Crippen molar-refractivity contribution in [2.24, 2.45) is 0 Å². The van der Waals surface area contributed by atoms with E-state index in [1.807, 2.05) is 29.6 Å². The third-order valence-electron chi connectivity index (χ3n) is 3.44. The lowest BCUT2D eigenvalue weighted by Crippen LogP contribution is -2.43. The van der Waals surface area contributed by atoms with Gasteiger partial charge in [-0.3, -0.25) is 4.79 Å². The van der Waals surface area contributed by atoms with Gasteiger partial charge in [-0.05, 0) is 31.5 Å². The number of hydrogen-bond donors (Lipinski definition) is 2. The molecule has 1 amide bonds. The Morgan fingerprint density at radius 1 is 1.38 bits per heavy atom. The minimum Gasteiger partial charge on any atom is -0.325 e. The van der Waals surface area contributed by atoms with E-state index in [0.717, 1.165) is 42.1 Å². The molecule has 2 N–H and O–H groups in total. The fourth-order valence-electron chi connectivity index (χ4n) is 2.40. The number of nitrogens with zero attached hydrogens (tertiary/aromatic N) is 1. The van der Waals surface area contributed by atoms with E-state index in [2.05, 4.69) is 15.6 Å². The van der Waals surface area contributed by atoms with Gasteiger partial charge in [0.2, 0.25) is 5.91 Å². The first-order valence-corrected chi connectivity index (χ1v) is 7.75. The predicted molar refractivity (Wildman–Crippen MR) is 89.1 cm³/mol. The van der Waals surface area contributed by atoms with Gasteiger partial charge in [0.15, 0.2) is 0 Å². The average molecular weight is 324 g/mol. The Morgan fingerprint density at radius 3 is 3.00 bits per heavy atom. The van der Waals surface area contributed by atoms with E-state index in [1.165, 1.54) is 0 Å². The molecule has 21 heavy (non-hydrogen) atoms. The highest BCUT2D eigenvalue weighted by atomic mass is 35.5. The number of thiazole rings is 1. The SMILES string of the molecule is Cl.O=C(Nc1cccc(-c2nccs2)c1)C1CCCCN1. The molecule has 1 aliphatic heterocycles. The smallest absolute Gasteiger partial charge is 0.241 e. The van der Waals surface area contributed by atoms with Crippen molar-refractivity contribution in [3.8, 4) is 10.6 Å². The highest BCUT2D eigenvalue weighted by Gasteiger charge is 2.20. The second-order valence-electron chi connectivity index (χ2n) is 4.91. The molecule has 0 spiro atoms. The summed E-state index contributed by atoms with van der Waals surface area (Å²) in [6, 6.07) is 7.78. The molecule has 2 aromatic rings. The third kappa shape index (κ3) is 4.03. The number of amides is 1. The number of halogens is 1. The summed E-state index contributed by atoms with van der Waals surface area (Å²) >= 11 is 1.60. The molecule has 1 atom stereocenters. The maximum atomic E-state index is 12.2. The summed E-state index contributed by atoms with van der Waals surface area (Å²) in [6.07, 6.45) is 4.97. The van der Waals surface area contributed by atoms with Gasteiger partial charge in [-0.15, -0.1) is 23.7 Å². The topological polar surface area (TPSA) is 54.0 Å². The normalized spacial score (nSPS) is 17.8. The van der Waals surface area contributed by atoms with Crippen molar-refractivity contribution in [3.63, 3.8) is 0 Å². The monoisotopic (exact) mass is 323 g/mol. The molecule has 1 unspecified atom stereocenters. The molecule has 0 saturated carbocycles. The molecule has 3 rings (SSSR count). The first-order chi connectivity index (χ1) is 9.83. The highest BCUT2D eigenvalue weighted by Crippen LogP contribution is 2.24. The second-order valence-corrected chi connectivity index (χ2v) is 5.80. The highest BCUT2D eigenvalue weighted by molar-refractivity contribution is 7.13. The molecule has 0 radical (unpaired) electrons. The summed E-state index contributed by atoms with van der Waals surface area (Å²) in [5.74, 6) is 0.0565. The number of benzene rings is 1. The average Bonchev–Trinajstić information content (AvgIpc) is 3.03. The van der Waals surface area contributed by atoms with Gasteiger partial charge in [-0.1, -0.05) is 18.6 Å². The Bertz CT molecular complexity index is 582. The van der Waals surface area contributed by atoms with Gasteiger partial charge in [-0.2, -0.15) is 0 Å². The number of carbonyl (C=O) groups excluding carboxylic acids is 1. The third-order valence-corrected chi connectivity index (χ3v) is 4.26. The van der Waals surface area contributed by atoms with Gasteiger partial charge in [0.25, 0.3) is 0 Å². The fourth-order valence-corrected chi connectivity index (χ4v) is 3.04. The Labute approximate surface area is 134 Å². The van der Waals surface area contributed by atoms with Gasteiger partial charge in [0.1, 0.15) is 5.01 Å². The first-order valence-electron chi connectivity index (χ1n) is 6.87.